The van der Waals surface area contributed by atoms with Crippen molar-refractivity contribution in [1.29, 1.82) is 0 Å². The molecule has 0 radical (unpaired) electrons. The van der Waals surface area contributed by atoms with Crippen molar-refractivity contribution < 1.29 is 18.7 Å². The van der Waals surface area contributed by atoms with Crippen LogP contribution in [0.3, 0.4) is 0 Å². The highest BCUT2D eigenvalue weighted by Gasteiger charge is 2.35. The summed E-state index contributed by atoms with van der Waals surface area (Å²) in [5.74, 6) is 0.486. The highest BCUT2D eigenvalue weighted by molar-refractivity contribution is 6.30. The van der Waals surface area contributed by atoms with Crippen LogP contribution in [0.4, 0.5) is 11.7 Å². The van der Waals surface area contributed by atoms with Crippen LogP contribution in [0.2, 0.25) is 5.02 Å². The molecule has 1 fully saturated rings. The highest BCUT2D eigenvalue weighted by Crippen LogP contribution is 2.32. The first-order valence-corrected chi connectivity index (χ1v) is 9.72. The van der Waals surface area contributed by atoms with Gasteiger partial charge in [0.1, 0.15) is 5.75 Å². The summed E-state index contributed by atoms with van der Waals surface area (Å²) in [5.41, 5.74) is 1.59. The van der Waals surface area contributed by atoms with Crippen molar-refractivity contribution in [3.63, 3.8) is 0 Å². The molecule has 2 aromatic carbocycles. The molecular formula is C21H19ClN4O4. The Labute approximate surface area is 177 Å². The van der Waals surface area contributed by atoms with Crippen LogP contribution < -0.4 is 15.0 Å². The number of hydrogen-bond acceptors (Lipinski definition) is 6. The number of methoxy groups -OCH3 is 1. The van der Waals surface area contributed by atoms with Gasteiger partial charge in [0.2, 0.25) is 17.7 Å². The van der Waals surface area contributed by atoms with E-state index < -0.39 is 0 Å². The molecule has 1 aliphatic heterocycles. The number of aromatic nitrogens is 2. The van der Waals surface area contributed by atoms with E-state index in [9.17, 15) is 9.59 Å². The van der Waals surface area contributed by atoms with Gasteiger partial charge in [-0.05, 0) is 42.0 Å². The standard InChI is InChI=1S/C21H19ClN4O4/c1-29-17-8-6-16(7-9-17)26-12-14(11-19(26)28)20-24-25-21(30-20)23-18(27)10-13-2-4-15(22)5-3-13/h2-9,14H,10-12H2,1H3,(H,23,25,27)/t14-/m0/s1. The number of nitrogens with zero attached hydrogens (tertiary/aromatic N) is 3. The Morgan fingerprint density at radius 3 is 2.63 bits per heavy atom. The molecule has 9 heteroatoms. The number of benzene rings is 2. The number of anilines is 2. The monoisotopic (exact) mass is 426 g/mol. The van der Waals surface area contributed by atoms with Crippen LogP contribution in [0.5, 0.6) is 5.75 Å². The third-order valence-corrected chi connectivity index (χ3v) is 5.08. The Bertz CT molecular complexity index is 1050. The number of halogens is 1. The van der Waals surface area contributed by atoms with E-state index in [1.54, 1.807) is 48.4 Å². The van der Waals surface area contributed by atoms with Crippen molar-refractivity contribution in [2.75, 3.05) is 23.9 Å². The largest absolute Gasteiger partial charge is 0.497 e. The van der Waals surface area contributed by atoms with E-state index in [1.165, 1.54) is 0 Å². The second-order valence-electron chi connectivity index (χ2n) is 6.90. The van der Waals surface area contributed by atoms with Gasteiger partial charge in [0, 0.05) is 23.7 Å². The number of rotatable bonds is 6. The van der Waals surface area contributed by atoms with Crippen LogP contribution in [0.15, 0.2) is 52.9 Å². The fraction of sp³-hybridized carbons (Fsp3) is 0.238. The number of ether oxygens (including phenoxy) is 1. The lowest BCUT2D eigenvalue weighted by Crippen LogP contribution is -2.24. The first kappa shape index (κ1) is 19.9. The zero-order chi connectivity index (χ0) is 21.1. The van der Waals surface area contributed by atoms with Gasteiger partial charge >= 0.3 is 6.01 Å². The lowest BCUT2D eigenvalue weighted by atomic mass is 10.1. The normalized spacial score (nSPS) is 16.0. The Morgan fingerprint density at radius 1 is 1.20 bits per heavy atom. The van der Waals surface area contributed by atoms with Gasteiger partial charge < -0.3 is 14.1 Å². The number of nitrogens with one attached hydrogen (secondary N) is 1. The van der Waals surface area contributed by atoms with E-state index in [1.807, 2.05) is 12.1 Å². The van der Waals surface area contributed by atoms with Crippen molar-refractivity contribution in [2.24, 2.45) is 0 Å². The fourth-order valence-electron chi connectivity index (χ4n) is 3.29. The Morgan fingerprint density at radius 2 is 1.93 bits per heavy atom. The number of hydrogen-bond donors (Lipinski definition) is 1. The van der Waals surface area contributed by atoms with E-state index in [0.717, 1.165) is 17.0 Å². The van der Waals surface area contributed by atoms with Crippen molar-refractivity contribution in [3.8, 4) is 5.75 Å². The van der Waals surface area contributed by atoms with E-state index in [0.29, 0.717) is 17.5 Å². The highest BCUT2D eigenvalue weighted by atomic mass is 35.5. The molecule has 3 aromatic rings. The van der Waals surface area contributed by atoms with Crippen LogP contribution in [0.1, 0.15) is 23.8 Å². The summed E-state index contributed by atoms with van der Waals surface area (Å²) in [7, 11) is 1.59. The lowest BCUT2D eigenvalue weighted by Gasteiger charge is -2.16. The van der Waals surface area contributed by atoms with Gasteiger partial charge in [-0.3, -0.25) is 14.9 Å². The topological polar surface area (TPSA) is 97.6 Å². The van der Waals surface area contributed by atoms with Gasteiger partial charge in [0.15, 0.2) is 0 Å². The molecule has 0 aliphatic carbocycles. The zero-order valence-electron chi connectivity index (χ0n) is 16.2. The molecule has 4 rings (SSSR count). The molecule has 2 heterocycles. The van der Waals surface area contributed by atoms with Gasteiger partial charge in [-0.2, -0.15) is 0 Å². The Balaban J connectivity index is 1.38. The summed E-state index contributed by atoms with van der Waals surface area (Å²) in [6, 6.07) is 14.3. The Hall–Kier alpha value is -3.39. The van der Waals surface area contributed by atoms with Gasteiger partial charge in [-0.1, -0.05) is 28.8 Å². The summed E-state index contributed by atoms with van der Waals surface area (Å²) < 4.78 is 10.7. The molecule has 154 valence electrons. The maximum Gasteiger partial charge on any atom is 0.322 e. The molecule has 8 nitrogen and oxygen atoms in total. The molecule has 2 amide bonds. The van der Waals surface area contributed by atoms with Crippen LogP contribution in [-0.4, -0.2) is 35.7 Å². The van der Waals surface area contributed by atoms with Gasteiger partial charge in [-0.15, -0.1) is 5.10 Å². The molecular weight excluding hydrogens is 408 g/mol. The molecule has 1 atom stereocenters. The third-order valence-electron chi connectivity index (χ3n) is 4.82. The SMILES string of the molecule is COc1ccc(N2C[C@@H](c3nnc(NC(=O)Cc4ccc(Cl)cc4)o3)CC2=O)cc1. The average molecular weight is 427 g/mol. The second-order valence-corrected chi connectivity index (χ2v) is 7.34. The summed E-state index contributed by atoms with van der Waals surface area (Å²) in [5, 5.41) is 11.1. The van der Waals surface area contributed by atoms with Crippen LogP contribution in [0, 0.1) is 0 Å². The van der Waals surface area contributed by atoms with E-state index in [2.05, 4.69) is 15.5 Å². The molecule has 0 unspecified atom stereocenters. The van der Waals surface area contributed by atoms with Gasteiger partial charge in [0.05, 0.1) is 19.4 Å². The van der Waals surface area contributed by atoms with Crippen molar-refractivity contribution in [2.45, 2.75) is 18.8 Å². The van der Waals surface area contributed by atoms with Crippen LogP contribution in [-0.2, 0) is 16.0 Å². The number of carbonyl (C=O) groups is 2. The van der Waals surface area contributed by atoms with Crippen LogP contribution in [0.25, 0.3) is 0 Å². The lowest BCUT2D eigenvalue weighted by molar-refractivity contribution is -0.117. The van der Waals surface area contributed by atoms with Crippen LogP contribution >= 0.6 is 11.6 Å². The van der Waals surface area contributed by atoms with Crippen molar-refractivity contribution in [3.05, 3.63) is 65.0 Å². The molecule has 0 bridgehead atoms. The smallest absolute Gasteiger partial charge is 0.322 e. The first-order valence-electron chi connectivity index (χ1n) is 9.34. The third kappa shape index (κ3) is 4.44. The predicted molar refractivity (Wildman–Crippen MR) is 111 cm³/mol. The minimum Gasteiger partial charge on any atom is -0.497 e. The van der Waals surface area contributed by atoms with Gasteiger partial charge in [0.25, 0.3) is 0 Å². The molecule has 30 heavy (non-hydrogen) atoms. The van der Waals surface area contributed by atoms with Crippen molar-refractivity contribution in [1.82, 2.24) is 10.2 Å². The molecule has 1 saturated heterocycles. The van der Waals surface area contributed by atoms with Gasteiger partial charge in [-0.25, -0.2) is 0 Å². The second kappa shape index (κ2) is 8.54. The van der Waals surface area contributed by atoms with E-state index in [4.69, 9.17) is 20.8 Å². The zero-order valence-corrected chi connectivity index (χ0v) is 16.9. The Kier molecular flexibility index (Phi) is 5.67. The maximum absolute atomic E-state index is 12.5. The maximum atomic E-state index is 12.5. The molecule has 1 aromatic heterocycles. The predicted octanol–water partition coefficient (Wildman–Crippen LogP) is 3.43. The molecule has 1 aliphatic rings. The summed E-state index contributed by atoms with van der Waals surface area (Å²) in [4.78, 5) is 26.3. The summed E-state index contributed by atoms with van der Waals surface area (Å²) in [6.45, 7) is 0.422. The fourth-order valence-corrected chi connectivity index (χ4v) is 3.41. The quantitative estimate of drug-likeness (QED) is 0.648. The minimum atomic E-state index is -0.283. The average Bonchev–Trinajstić information content (AvgIpc) is 3.36. The summed E-state index contributed by atoms with van der Waals surface area (Å²) in [6.07, 6.45) is 0.411. The molecule has 1 N–H and O–H groups in total. The minimum absolute atomic E-state index is 0.0132. The number of carbonyl (C=O) groups excluding carboxylic acids is 2. The summed E-state index contributed by atoms with van der Waals surface area (Å²) >= 11 is 5.85. The van der Waals surface area contributed by atoms with Crippen molar-refractivity contribution >= 4 is 35.1 Å². The number of amides is 2. The van der Waals surface area contributed by atoms with E-state index >= 15 is 0 Å². The molecule has 0 spiro atoms. The first-order chi connectivity index (χ1) is 14.5. The van der Waals surface area contributed by atoms with E-state index in [-0.39, 0.29) is 36.6 Å². The molecule has 0 saturated carbocycles.